The average Bonchev–Trinajstić information content (AvgIpc) is 2.91. The number of amidine groups is 1. The molecule has 188 valence electrons. The van der Waals surface area contributed by atoms with Gasteiger partial charge in [-0.3, -0.25) is 4.79 Å². The highest BCUT2D eigenvalue weighted by molar-refractivity contribution is 7.90. The smallest absolute Gasteiger partial charge is 0.286 e. The monoisotopic (exact) mass is 514 g/mol. The van der Waals surface area contributed by atoms with Crippen molar-refractivity contribution in [3.05, 3.63) is 99.9 Å². The molecule has 3 aromatic rings. The summed E-state index contributed by atoms with van der Waals surface area (Å²) in [5.41, 5.74) is 5.82. The Morgan fingerprint density at radius 3 is 2.59 bits per heavy atom. The number of aromatic nitrogens is 1. The number of pyridine rings is 1. The van der Waals surface area contributed by atoms with E-state index in [1.807, 2.05) is 18.2 Å². The normalized spacial score (nSPS) is 20.3. The van der Waals surface area contributed by atoms with E-state index in [2.05, 4.69) is 21.2 Å². The molecule has 1 aromatic heterocycles. The molecule has 1 unspecified atom stereocenters. The van der Waals surface area contributed by atoms with Gasteiger partial charge in [-0.15, -0.1) is 4.40 Å². The van der Waals surface area contributed by atoms with Crippen molar-refractivity contribution in [2.24, 2.45) is 4.40 Å². The molecule has 2 heterocycles. The second-order valence-electron chi connectivity index (χ2n) is 9.39. The summed E-state index contributed by atoms with van der Waals surface area (Å²) >= 11 is 0. The summed E-state index contributed by atoms with van der Waals surface area (Å²) in [6.45, 7) is 0. The average molecular weight is 515 g/mol. The van der Waals surface area contributed by atoms with Crippen LogP contribution in [0.15, 0.2) is 98.1 Å². The van der Waals surface area contributed by atoms with Gasteiger partial charge < -0.3 is 15.8 Å². The number of allylic oxidation sites excluding steroid dienone is 3. The summed E-state index contributed by atoms with van der Waals surface area (Å²) in [5.74, 6) is -0.545. The molecule has 9 heteroatoms. The molecule has 0 bridgehead atoms. The number of nitrogens with one attached hydrogen (secondary N) is 2. The Balaban J connectivity index is 1.52. The van der Waals surface area contributed by atoms with Gasteiger partial charge in [0.25, 0.3) is 15.6 Å². The summed E-state index contributed by atoms with van der Waals surface area (Å²) in [7, 11) is -4.07. The van der Waals surface area contributed by atoms with E-state index in [9.17, 15) is 18.3 Å². The second-order valence-corrected chi connectivity index (χ2v) is 11.0. The molecule has 2 aromatic carbocycles. The van der Waals surface area contributed by atoms with Crippen LogP contribution >= 0.6 is 0 Å². The maximum Gasteiger partial charge on any atom is 0.286 e. The quantitative estimate of drug-likeness (QED) is 0.472. The van der Waals surface area contributed by atoms with E-state index in [0.717, 1.165) is 31.3 Å². The van der Waals surface area contributed by atoms with Crippen LogP contribution in [0.1, 0.15) is 37.7 Å². The summed E-state index contributed by atoms with van der Waals surface area (Å²) in [5, 5.41) is 14.5. The summed E-state index contributed by atoms with van der Waals surface area (Å²) in [6.07, 6.45) is 13.6. The molecule has 1 fully saturated rings. The Hall–Kier alpha value is -4.11. The van der Waals surface area contributed by atoms with Gasteiger partial charge in [0.15, 0.2) is 5.84 Å². The first-order valence-corrected chi connectivity index (χ1v) is 13.8. The molecule has 37 heavy (non-hydrogen) atoms. The van der Waals surface area contributed by atoms with E-state index in [-0.39, 0.29) is 28.1 Å². The number of benzene rings is 2. The fourth-order valence-corrected chi connectivity index (χ4v) is 6.41. The van der Waals surface area contributed by atoms with Crippen molar-refractivity contribution in [3.63, 3.8) is 0 Å². The zero-order valence-corrected chi connectivity index (χ0v) is 20.8. The van der Waals surface area contributed by atoms with Gasteiger partial charge in [-0.1, -0.05) is 60.6 Å². The van der Waals surface area contributed by atoms with Crippen LogP contribution in [-0.4, -0.2) is 30.1 Å². The number of hydrogen-bond donors (Lipinski definition) is 3. The van der Waals surface area contributed by atoms with Crippen LogP contribution in [0.3, 0.4) is 0 Å². The van der Waals surface area contributed by atoms with Crippen LogP contribution in [0, 0.1) is 0 Å². The molecule has 2 aliphatic carbocycles. The van der Waals surface area contributed by atoms with Gasteiger partial charge in [-0.2, -0.15) is 8.42 Å². The van der Waals surface area contributed by atoms with Crippen molar-refractivity contribution < 1.29 is 13.5 Å². The van der Waals surface area contributed by atoms with E-state index < -0.39 is 15.6 Å². The third-order valence-corrected chi connectivity index (χ3v) is 8.41. The minimum Gasteiger partial charge on any atom is -0.506 e. The van der Waals surface area contributed by atoms with Crippen LogP contribution in [0.2, 0.25) is 0 Å². The fourth-order valence-electron chi connectivity index (χ4n) is 5.29. The topological polar surface area (TPSA) is 113 Å². The molecule has 0 amide bonds. The van der Waals surface area contributed by atoms with Gasteiger partial charge in [0.1, 0.15) is 16.2 Å². The van der Waals surface area contributed by atoms with Crippen molar-refractivity contribution >= 4 is 32.4 Å². The molecular formula is C28H26N4O4S. The zero-order chi connectivity index (χ0) is 25.6. The van der Waals surface area contributed by atoms with Gasteiger partial charge in [-0.05, 0) is 55.5 Å². The van der Waals surface area contributed by atoms with Gasteiger partial charge in [0.05, 0.1) is 17.2 Å². The molecule has 1 aliphatic heterocycles. The Morgan fingerprint density at radius 2 is 1.76 bits per heavy atom. The summed E-state index contributed by atoms with van der Waals surface area (Å²) in [4.78, 5) is 14.0. The number of hydrogen-bond acceptors (Lipinski definition) is 6. The van der Waals surface area contributed by atoms with E-state index >= 15 is 0 Å². The summed E-state index contributed by atoms with van der Waals surface area (Å²) < 4.78 is 31.1. The minimum absolute atomic E-state index is 0.0142. The largest absolute Gasteiger partial charge is 0.506 e. The molecular weight excluding hydrogens is 488 g/mol. The Kier molecular flexibility index (Phi) is 5.72. The minimum atomic E-state index is -4.07. The number of para-hydroxylation sites is 2. The first-order chi connectivity index (χ1) is 17.9. The molecule has 1 saturated carbocycles. The van der Waals surface area contributed by atoms with E-state index in [4.69, 9.17) is 0 Å². The second kappa shape index (κ2) is 9.08. The predicted octanol–water partition coefficient (Wildman–Crippen LogP) is 4.57. The van der Waals surface area contributed by atoms with Crippen molar-refractivity contribution in [1.82, 2.24) is 4.68 Å². The third-order valence-electron chi connectivity index (χ3n) is 7.08. The van der Waals surface area contributed by atoms with Crippen LogP contribution < -0.4 is 16.3 Å². The highest BCUT2D eigenvalue weighted by Crippen LogP contribution is 2.33. The lowest BCUT2D eigenvalue weighted by Gasteiger charge is -2.27. The lowest BCUT2D eigenvalue weighted by atomic mass is 9.87. The molecule has 3 N–H and O–H groups in total. The molecule has 8 nitrogen and oxygen atoms in total. The Morgan fingerprint density at radius 1 is 1.00 bits per heavy atom. The van der Waals surface area contributed by atoms with Crippen molar-refractivity contribution in [2.75, 3.05) is 10.7 Å². The maximum absolute atomic E-state index is 13.9. The van der Waals surface area contributed by atoms with E-state index in [0.29, 0.717) is 16.6 Å². The standard InChI is InChI=1S/C28H26N4O4S/c33-26-20-13-5-8-16-23(20)32(30-21-14-6-4-12-19(21)18-10-2-1-3-11-18)28(34)25(26)27-29-22-15-7-9-17-24(22)37(35,36)31-27/h4-9,12-17,21,30,33H,1-3,10-11H2,(H,29,31). The van der Waals surface area contributed by atoms with Crippen LogP contribution in [-0.2, 0) is 10.0 Å². The molecule has 0 saturated heterocycles. The number of anilines is 1. The van der Waals surface area contributed by atoms with Gasteiger partial charge in [-0.25, -0.2) is 4.68 Å². The Labute approximate surface area is 214 Å². The molecule has 6 rings (SSSR count). The van der Waals surface area contributed by atoms with Crippen LogP contribution in [0.5, 0.6) is 5.75 Å². The SMILES string of the molecule is O=c1c(C2=NS(=O)(=O)c3ccccc3N2)c(O)c2ccccc2n1NC1C=CC=CC1=C1CCCCC1. The lowest BCUT2D eigenvalue weighted by Crippen LogP contribution is -2.40. The van der Waals surface area contributed by atoms with Crippen molar-refractivity contribution in [2.45, 2.75) is 43.0 Å². The highest BCUT2D eigenvalue weighted by Gasteiger charge is 2.30. The highest BCUT2D eigenvalue weighted by atomic mass is 32.2. The number of aromatic hydroxyl groups is 1. The van der Waals surface area contributed by atoms with Gasteiger partial charge >= 0.3 is 0 Å². The van der Waals surface area contributed by atoms with Crippen molar-refractivity contribution in [1.29, 1.82) is 0 Å². The molecule has 1 atom stereocenters. The number of nitrogens with zero attached hydrogens (tertiary/aromatic N) is 2. The third kappa shape index (κ3) is 4.05. The molecule has 0 radical (unpaired) electrons. The predicted molar refractivity (Wildman–Crippen MR) is 145 cm³/mol. The lowest BCUT2D eigenvalue weighted by molar-refractivity contribution is 0.478. The summed E-state index contributed by atoms with van der Waals surface area (Å²) in [6, 6.07) is 13.0. The van der Waals surface area contributed by atoms with E-state index in [1.165, 1.54) is 22.7 Å². The number of fused-ring (bicyclic) bond motifs is 2. The maximum atomic E-state index is 13.9. The zero-order valence-electron chi connectivity index (χ0n) is 20.0. The first kappa shape index (κ1) is 23.3. The molecule has 3 aliphatic rings. The Bertz CT molecular complexity index is 1710. The van der Waals surface area contributed by atoms with Gasteiger partial charge in [0.2, 0.25) is 0 Å². The first-order valence-electron chi connectivity index (χ1n) is 12.4. The molecule has 0 spiro atoms. The van der Waals surface area contributed by atoms with Gasteiger partial charge in [0, 0.05) is 5.39 Å². The van der Waals surface area contributed by atoms with Crippen LogP contribution in [0.4, 0.5) is 5.69 Å². The van der Waals surface area contributed by atoms with E-state index in [1.54, 1.807) is 42.5 Å². The van der Waals surface area contributed by atoms with Crippen molar-refractivity contribution in [3.8, 4) is 5.75 Å². The number of rotatable bonds is 3. The van der Waals surface area contributed by atoms with Crippen LogP contribution in [0.25, 0.3) is 10.9 Å². The fraction of sp³-hybridized carbons (Fsp3) is 0.214. The number of sulfonamides is 1.